The average molecular weight is 236 g/mol. The number of hydrogen-bond acceptors (Lipinski definition) is 4. The lowest BCUT2D eigenvalue weighted by atomic mass is 10.2. The monoisotopic (exact) mass is 236 g/mol. The molecule has 0 atom stereocenters. The number of nitrogens with one attached hydrogen (secondary N) is 1. The fourth-order valence-electron chi connectivity index (χ4n) is 1.33. The Bertz CT molecular complexity index is 378. The SMILES string of the molecule is C=C(C)COCCNc1ccc(OC)cc1N. The van der Waals surface area contributed by atoms with E-state index in [1.165, 1.54) is 0 Å². The van der Waals surface area contributed by atoms with Crippen molar-refractivity contribution in [2.75, 3.05) is 37.9 Å². The highest BCUT2D eigenvalue weighted by atomic mass is 16.5. The van der Waals surface area contributed by atoms with Gasteiger partial charge in [-0.05, 0) is 19.1 Å². The van der Waals surface area contributed by atoms with Crippen LogP contribution in [0.4, 0.5) is 11.4 Å². The minimum absolute atomic E-state index is 0.597. The molecule has 4 nitrogen and oxygen atoms in total. The maximum Gasteiger partial charge on any atom is 0.121 e. The van der Waals surface area contributed by atoms with E-state index in [1.807, 2.05) is 19.1 Å². The van der Waals surface area contributed by atoms with Gasteiger partial charge in [0.2, 0.25) is 0 Å². The maximum atomic E-state index is 5.86. The molecule has 0 radical (unpaired) electrons. The van der Waals surface area contributed by atoms with Crippen LogP contribution in [0, 0.1) is 0 Å². The Hall–Kier alpha value is -1.68. The van der Waals surface area contributed by atoms with Gasteiger partial charge in [0.1, 0.15) is 5.75 Å². The van der Waals surface area contributed by atoms with Crippen molar-refractivity contribution in [1.82, 2.24) is 0 Å². The molecule has 3 N–H and O–H groups in total. The van der Waals surface area contributed by atoms with E-state index in [0.29, 0.717) is 25.4 Å². The smallest absolute Gasteiger partial charge is 0.121 e. The lowest BCUT2D eigenvalue weighted by Gasteiger charge is -2.10. The first-order valence-electron chi connectivity index (χ1n) is 5.53. The number of methoxy groups -OCH3 is 1. The summed E-state index contributed by atoms with van der Waals surface area (Å²) in [5.74, 6) is 0.756. The number of rotatable bonds is 7. The van der Waals surface area contributed by atoms with Crippen molar-refractivity contribution in [2.45, 2.75) is 6.92 Å². The summed E-state index contributed by atoms with van der Waals surface area (Å²) in [4.78, 5) is 0. The van der Waals surface area contributed by atoms with Crippen molar-refractivity contribution in [3.8, 4) is 5.75 Å². The van der Waals surface area contributed by atoms with Crippen LogP contribution in [0.5, 0.6) is 5.75 Å². The Balaban J connectivity index is 2.34. The van der Waals surface area contributed by atoms with Gasteiger partial charge in [0.15, 0.2) is 0 Å². The summed E-state index contributed by atoms with van der Waals surface area (Å²) in [6.45, 7) is 7.64. The predicted octanol–water partition coefficient (Wildman–Crippen LogP) is 2.28. The number of ether oxygens (including phenoxy) is 2. The van der Waals surface area contributed by atoms with Crippen LogP contribution in [0.1, 0.15) is 6.92 Å². The van der Waals surface area contributed by atoms with Crippen molar-refractivity contribution >= 4 is 11.4 Å². The van der Waals surface area contributed by atoms with Gasteiger partial charge in [-0.1, -0.05) is 12.2 Å². The highest BCUT2D eigenvalue weighted by Gasteiger charge is 2.00. The summed E-state index contributed by atoms with van der Waals surface area (Å²) >= 11 is 0. The van der Waals surface area contributed by atoms with Crippen molar-refractivity contribution < 1.29 is 9.47 Å². The van der Waals surface area contributed by atoms with E-state index in [1.54, 1.807) is 13.2 Å². The van der Waals surface area contributed by atoms with E-state index in [0.717, 1.165) is 17.0 Å². The van der Waals surface area contributed by atoms with Gasteiger partial charge in [-0.2, -0.15) is 0 Å². The van der Waals surface area contributed by atoms with Crippen LogP contribution in [-0.4, -0.2) is 26.9 Å². The Kier molecular flexibility index (Phi) is 5.36. The minimum Gasteiger partial charge on any atom is -0.497 e. The standard InChI is InChI=1S/C13H20N2O2/c1-10(2)9-17-7-6-15-13-5-4-11(16-3)8-12(13)14/h4-5,8,15H,1,6-7,9,14H2,2-3H3. The van der Waals surface area contributed by atoms with Gasteiger partial charge in [-0.25, -0.2) is 0 Å². The number of anilines is 2. The molecule has 0 aliphatic heterocycles. The molecular weight excluding hydrogens is 216 g/mol. The van der Waals surface area contributed by atoms with E-state index in [4.69, 9.17) is 15.2 Å². The summed E-state index contributed by atoms with van der Waals surface area (Å²) < 4.78 is 10.5. The zero-order valence-corrected chi connectivity index (χ0v) is 10.5. The molecule has 0 spiro atoms. The van der Waals surface area contributed by atoms with Crippen molar-refractivity contribution in [2.24, 2.45) is 0 Å². The normalized spacial score (nSPS) is 10.0. The van der Waals surface area contributed by atoms with E-state index in [-0.39, 0.29) is 0 Å². The molecule has 0 aliphatic rings. The third kappa shape index (κ3) is 4.78. The van der Waals surface area contributed by atoms with Crippen molar-refractivity contribution in [1.29, 1.82) is 0 Å². The van der Waals surface area contributed by atoms with Crippen LogP contribution in [0.2, 0.25) is 0 Å². The molecule has 0 heterocycles. The summed E-state index contributed by atoms with van der Waals surface area (Å²) in [7, 11) is 1.62. The molecule has 1 aromatic rings. The lowest BCUT2D eigenvalue weighted by Crippen LogP contribution is -2.11. The number of hydrogen-bond donors (Lipinski definition) is 2. The summed E-state index contributed by atoms with van der Waals surface area (Å²) in [5.41, 5.74) is 8.45. The molecule has 0 amide bonds. The van der Waals surface area contributed by atoms with Gasteiger partial charge in [-0.3, -0.25) is 0 Å². The molecule has 1 aromatic carbocycles. The van der Waals surface area contributed by atoms with Crippen LogP contribution in [0.3, 0.4) is 0 Å². The molecule has 4 heteroatoms. The Morgan fingerprint density at radius 3 is 2.82 bits per heavy atom. The Morgan fingerprint density at radius 1 is 1.47 bits per heavy atom. The van der Waals surface area contributed by atoms with E-state index in [9.17, 15) is 0 Å². The van der Waals surface area contributed by atoms with Gasteiger partial charge in [0, 0.05) is 12.6 Å². The van der Waals surface area contributed by atoms with Crippen LogP contribution >= 0.6 is 0 Å². The van der Waals surface area contributed by atoms with Gasteiger partial charge < -0.3 is 20.5 Å². The van der Waals surface area contributed by atoms with Crippen LogP contribution in [-0.2, 0) is 4.74 Å². The molecule has 0 saturated carbocycles. The van der Waals surface area contributed by atoms with Crippen molar-refractivity contribution in [3.05, 3.63) is 30.4 Å². The number of nitrogen functional groups attached to an aromatic ring is 1. The third-order valence-electron chi connectivity index (χ3n) is 2.17. The molecule has 0 fully saturated rings. The van der Waals surface area contributed by atoms with Crippen molar-refractivity contribution in [3.63, 3.8) is 0 Å². The third-order valence-corrected chi connectivity index (χ3v) is 2.17. The molecular formula is C13H20N2O2. The second-order valence-corrected chi connectivity index (χ2v) is 3.89. The Labute approximate surface area is 102 Å². The number of benzene rings is 1. The molecule has 94 valence electrons. The minimum atomic E-state index is 0.597. The maximum absolute atomic E-state index is 5.86. The van der Waals surface area contributed by atoms with E-state index in [2.05, 4.69) is 11.9 Å². The van der Waals surface area contributed by atoms with Gasteiger partial charge >= 0.3 is 0 Å². The zero-order chi connectivity index (χ0) is 12.7. The van der Waals surface area contributed by atoms with E-state index < -0.39 is 0 Å². The summed E-state index contributed by atoms with van der Waals surface area (Å²) in [6.07, 6.45) is 0. The van der Waals surface area contributed by atoms with Gasteiger partial charge in [-0.15, -0.1) is 0 Å². The van der Waals surface area contributed by atoms with Crippen LogP contribution < -0.4 is 15.8 Å². The lowest BCUT2D eigenvalue weighted by molar-refractivity contribution is 0.167. The largest absolute Gasteiger partial charge is 0.497 e. The topological polar surface area (TPSA) is 56.5 Å². The second-order valence-electron chi connectivity index (χ2n) is 3.89. The van der Waals surface area contributed by atoms with Gasteiger partial charge in [0.05, 0.1) is 31.7 Å². The Morgan fingerprint density at radius 2 is 2.24 bits per heavy atom. The van der Waals surface area contributed by atoms with E-state index >= 15 is 0 Å². The molecule has 0 unspecified atom stereocenters. The fourth-order valence-corrected chi connectivity index (χ4v) is 1.33. The van der Waals surface area contributed by atoms with Crippen LogP contribution in [0.15, 0.2) is 30.4 Å². The summed E-state index contributed by atoms with van der Waals surface area (Å²) in [5, 5.41) is 3.20. The quantitative estimate of drug-likeness (QED) is 0.433. The van der Waals surface area contributed by atoms with Gasteiger partial charge in [0.25, 0.3) is 0 Å². The molecule has 0 aromatic heterocycles. The average Bonchev–Trinajstić information content (AvgIpc) is 2.30. The molecule has 17 heavy (non-hydrogen) atoms. The molecule has 0 bridgehead atoms. The van der Waals surface area contributed by atoms with Crippen LogP contribution in [0.25, 0.3) is 0 Å². The number of nitrogens with two attached hydrogens (primary N) is 1. The highest BCUT2D eigenvalue weighted by molar-refractivity contribution is 5.68. The summed E-state index contributed by atoms with van der Waals surface area (Å²) in [6, 6.07) is 5.55. The molecule has 0 saturated heterocycles. The second kappa shape index (κ2) is 6.81. The predicted molar refractivity (Wildman–Crippen MR) is 71.5 cm³/mol. The first-order chi connectivity index (χ1) is 8.13. The first kappa shape index (κ1) is 13.4. The molecule has 0 aliphatic carbocycles. The highest BCUT2D eigenvalue weighted by Crippen LogP contribution is 2.23. The first-order valence-corrected chi connectivity index (χ1v) is 5.53. The zero-order valence-electron chi connectivity index (χ0n) is 10.5. The fraction of sp³-hybridized carbons (Fsp3) is 0.385. The molecule has 1 rings (SSSR count).